The fourth-order valence-electron chi connectivity index (χ4n) is 2.75. The molecule has 0 radical (unpaired) electrons. The normalized spacial score (nSPS) is 27.6. The summed E-state index contributed by atoms with van der Waals surface area (Å²) in [7, 11) is 0. The van der Waals surface area contributed by atoms with Gasteiger partial charge in [-0.15, -0.1) is 0 Å². The summed E-state index contributed by atoms with van der Waals surface area (Å²) in [5, 5.41) is 3.33. The summed E-state index contributed by atoms with van der Waals surface area (Å²) in [5.74, 6) is 2.59. The molecule has 3 atom stereocenters. The first kappa shape index (κ1) is 14.6. The summed E-state index contributed by atoms with van der Waals surface area (Å²) >= 11 is 0. The fraction of sp³-hybridized carbons (Fsp3) is 0.750. The van der Waals surface area contributed by atoms with Crippen molar-refractivity contribution >= 4 is 0 Å². The first-order valence-electron chi connectivity index (χ1n) is 7.58. The quantitative estimate of drug-likeness (QED) is 0.851. The third kappa shape index (κ3) is 4.08. The number of furan rings is 1. The van der Waals surface area contributed by atoms with Gasteiger partial charge in [0.1, 0.15) is 12.4 Å². The molecule has 0 bridgehead atoms. The van der Waals surface area contributed by atoms with E-state index in [9.17, 15) is 0 Å². The second-order valence-corrected chi connectivity index (χ2v) is 5.85. The van der Waals surface area contributed by atoms with Gasteiger partial charge in [0.2, 0.25) is 0 Å². The van der Waals surface area contributed by atoms with Crippen LogP contribution in [0.25, 0.3) is 0 Å². The molecule has 0 amide bonds. The molecule has 1 fully saturated rings. The minimum absolute atomic E-state index is 0.406. The maximum atomic E-state index is 6.05. The summed E-state index contributed by atoms with van der Waals surface area (Å²) in [4.78, 5) is 0. The van der Waals surface area contributed by atoms with Gasteiger partial charge in [-0.25, -0.2) is 0 Å². The molecular weight excluding hydrogens is 238 g/mol. The van der Waals surface area contributed by atoms with Crippen LogP contribution in [-0.2, 0) is 17.9 Å². The van der Waals surface area contributed by atoms with Crippen molar-refractivity contribution < 1.29 is 9.15 Å². The first-order chi connectivity index (χ1) is 9.20. The van der Waals surface area contributed by atoms with Gasteiger partial charge in [-0.05, 0) is 43.7 Å². The van der Waals surface area contributed by atoms with Gasteiger partial charge in [0.15, 0.2) is 0 Å². The maximum Gasteiger partial charge on any atom is 0.133 e. The number of rotatable bonds is 6. The molecule has 2 rings (SSSR count). The lowest BCUT2D eigenvalue weighted by Gasteiger charge is -2.31. The van der Waals surface area contributed by atoms with Crippen molar-refractivity contribution in [1.29, 1.82) is 0 Å². The number of nitrogens with one attached hydrogen (secondary N) is 1. The summed E-state index contributed by atoms with van der Waals surface area (Å²) in [6.45, 7) is 9.25. The molecule has 1 saturated carbocycles. The molecule has 1 aromatic heterocycles. The van der Waals surface area contributed by atoms with Gasteiger partial charge in [0.05, 0.1) is 12.4 Å². The molecule has 108 valence electrons. The van der Waals surface area contributed by atoms with Gasteiger partial charge >= 0.3 is 0 Å². The molecule has 1 aliphatic carbocycles. The largest absolute Gasteiger partial charge is 0.467 e. The molecule has 0 spiro atoms. The smallest absolute Gasteiger partial charge is 0.133 e. The van der Waals surface area contributed by atoms with Crippen molar-refractivity contribution in [3.8, 4) is 0 Å². The molecule has 0 saturated heterocycles. The van der Waals surface area contributed by atoms with Crippen LogP contribution in [0.3, 0.4) is 0 Å². The van der Waals surface area contributed by atoms with Gasteiger partial charge in [0.25, 0.3) is 0 Å². The molecule has 3 nitrogen and oxygen atoms in total. The van der Waals surface area contributed by atoms with E-state index in [-0.39, 0.29) is 0 Å². The Bertz CT molecular complexity index is 375. The van der Waals surface area contributed by atoms with Gasteiger partial charge in [-0.1, -0.05) is 20.8 Å². The topological polar surface area (TPSA) is 34.4 Å². The lowest BCUT2D eigenvalue weighted by molar-refractivity contribution is -0.0143. The SMILES string of the molecule is CCNCc1ccoc1COC1CCC(C)C(C)C1. The molecule has 3 heteroatoms. The minimum Gasteiger partial charge on any atom is -0.467 e. The monoisotopic (exact) mass is 265 g/mol. The summed E-state index contributed by atoms with van der Waals surface area (Å²) in [6, 6.07) is 2.03. The van der Waals surface area contributed by atoms with Crippen LogP contribution < -0.4 is 5.32 Å². The van der Waals surface area contributed by atoms with E-state index in [0.717, 1.165) is 30.7 Å². The van der Waals surface area contributed by atoms with Crippen molar-refractivity contribution in [2.75, 3.05) is 6.54 Å². The highest BCUT2D eigenvalue weighted by Gasteiger charge is 2.25. The highest BCUT2D eigenvalue weighted by Crippen LogP contribution is 2.31. The number of hydrogen-bond acceptors (Lipinski definition) is 3. The highest BCUT2D eigenvalue weighted by atomic mass is 16.5. The standard InChI is InChI=1S/C16H27NO2/c1-4-17-10-14-7-8-18-16(14)11-19-15-6-5-12(2)13(3)9-15/h7-8,12-13,15,17H,4-6,9-11H2,1-3H3. The molecular formula is C16H27NO2. The van der Waals surface area contributed by atoms with Crippen molar-refractivity contribution in [2.24, 2.45) is 11.8 Å². The van der Waals surface area contributed by atoms with Gasteiger partial charge in [-0.3, -0.25) is 0 Å². The first-order valence-corrected chi connectivity index (χ1v) is 7.58. The van der Waals surface area contributed by atoms with E-state index in [1.165, 1.54) is 24.8 Å². The van der Waals surface area contributed by atoms with Crippen LogP contribution in [0.1, 0.15) is 51.4 Å². The van der Waals surface area contributed by atoms with Crippen LogP contribution in [-0.4, -0.2) is 12.6 Å². The molecule has 0 aromatic carbocycles. The third-order valence-electron chi connectivity index (χ3n) is 4.40. The second kappa shape index (κ2) is 7.11. The zero-order chi connectivity index (χ0) is 13.7. The Labute approximate surface area is 116 Å². The van der Waals surface area contributed by atoms with Gasteiger partial charge in [-0.2, -0.15) is 0 Å². The van der Waals surface area contributed by atoms with Crippen molar-refractivity contribution in [2.45, 2.75) is 59.3 Å². The Morgan fingerprint density at radius 1 is 1.32 bits per heavy atom. The van der Waals surface area contributed by atoms with E-state index in [2.05, 4.69) is 26.1 Å². The molecule has 1 heterocycles. The second-order valence-electron chi connectivity index (χ2n) is 5.85. The maximum absolute atomic E-state index is 6.05. The summed E-state index contributed by atoms with van der Waals surface area (Å²) < 4.78 is 11.6. The molecule has 0 aliphatic heterocycles. The van der Waals surface area contributed by atoms with E-state index in [1.807, 2.05) is 6.07 Å². The Hall–Kier alpha value is -0.800. The predicted octanol–water partition coefficient (Wildman–Crippen LogP) is 3.73. The van der Waals surface area contributed by atoms with Crippen LogP contribution in [0.5, 0.6) is 0 Å². The number of hydrogen-bond donors (Lipinski definition) is 1. The van der Waals surface area contributed by atoms with E-state index in [0.29, 0.717) is 12.7 Å². The Morgan fingerprint density at radius 3 is 2.89 bits per heavy atom. The van der Waals surface area contributed by atoms with Crippen molar-refractivity contribution in [1.82, 2.24) is 5.32 Å². The van der Waals surface area contributed by atoms with E-state index in [4.69, 9.17) is 9.15 Å². The zero-order valence-corrected chi connectivity index (χ0v) is 12.4. The minimum atomic E-state index is 0.406. The van der Waals surface area contributed by atoms with E-state index >= 15 is 0 Å². The average Bonchev–Trinajstić information content (AvgIpc) is 2.85. The molecule has 19 heavy (non-hydrogen) atoms. The Balaban J connectivity index is 1.80. The zero-order valence-electron chi connectivity index (χ0n) is 12.4. The average molecular weight is 265 g/mol. The Kier molecular flexibility index (Phi) is 5.46. The molecule has 1 aliphatic rings. The third-order valence-corrected chi connectivity index (χ3v) is 4.40. The van der Waals surface area contributed by atoms with Crippen molar-refractivity contribution in [3.63, 3.8) is 0 Å². The van der Waals surface area contributed by atoms with E-state index < -0.39 is 0 Å². The Morgan fingerprint density at radius 2 is 2.16 bits per heavy atom. The highest BCUT2D eigenvalue weighted by molar-refractivity contribution is 5.16. The number of ether oxygens (including phenoxy) is 1. The van der Waals surface area contributed by atoms with Crippen LogP contribution in [0.15, 0.2) is 16.7 Å². The lowest BCUT2D eigenvalue weighted by atomic mass is 9.80. The van der Waals surface area contributed by atoms with Gasteiger partial charge in [0, 0.05) is 12.1 Å². The van der Waals surface area contributed by atoms with Crippen LogP contribution in [0.4, 0.5) is 0 Å². The van der Waals surface area contributed by atoms with Crippen molar-refractivity contribution in [3.05, 3.63) is 23.7 Å². The van der Waals surface area contributed by atoms with Gasteiger partial charge < -0.3 is 14.5 Å². The molecule has 1 N–H and O–H groups in total. The van der Waals surface area contributed by atoms with E-state index in [1.54, 1.807) is 6.26 Å². The summed E-state index contributed by atoms with van der Waals surface area (Å²) in [5.41, 5.74) is 1.22. The molecule has 1 aromatic rings. The molecule has 3 unspecified atom stereocenters. The van der Waals surface area contributed by atoms with Crippen LogP contribution >= 0.6 is 0 Å². The summed E-state index contributed by atoms with van der Waals surface area (Å²) in [6.07, 6.45) is 5.83. The lowest BCUT2D eigenvalue weighted by Crippen LogP contribution is -2.26. The predicted molar refractivity (Wildman–Crippen MR) is 76.8 cm³/mol. The van der Waals surface area contributed by atoms with Crippen LogP contribution in [0.2, 0.25) is 0 Å². The van der Waals surface area contributed by atoms with Crippen LogP contribution in [0, 0.1) is 11.8 Å². The fourth-order valence-corrected chi connectivity index (χ4v) is 2.75.